The number of amides is 2. The van der Waals surface area contributed by atoms with Crippen molar-refractivity contribution < 1.29 is 22.8 Å². The number of benzene rings is 1. The molecule has 1 aliphatic heterocycles. The van der Waals surface area contributed by atoms with Crippen molar-refractivity contribution in [3.63, 3.8) is 0 Å². The van der Waals surface area contributed by atoms with Crippen LogP contribution in [0.5, 0.6) is 0 Å². The first kappa shape index (κ1) is 26.2. The van der Waals surface area contributed by atoms with Crippen LogP contribution in [-0.2, 0) is 11.8 Å². The Morgan fingerprint density at radius 2 is 2.03 bits per heavy atom. The summed E-state index contributed by atoms with van der Waals surface area (Å²) in [5, 5.41) is 12.9. The highest BCUT2D eigenvalue weighted by atomic mass is 19.4. The number of piperidine rings is 1. The van der Waals surface area contributed by atoms with E-state index in [-0.39, 0.29) is 30.8 Å². The van der Waals surface area contributed by atoms with Crippen LogP contribution in [0.25, 0.3) is 11.0 Å². The molecule has 37 heavy (non-hydrogen) atoms. The zero-order valence-corrected chi connectivity index (χ0v) is 21.1. The Morgan fingerprint density at radius 1 is 1.30 bits per heavy atom. The second-order valence-corrected chi connectivity index (χ2v) is 9.76. The van der Waals surface area contributed by atoms with E-state index in [2.05, 4.69) is 10.3 Å². The summed E-state index contributed by atoms with van der Waals surface area (Å²) in [6.07, 6.45) is -0.472. The Bertz CT molecular complexity index is 1410. The van der Waals surface area contributed by atoms with Gasteiger partial charge in [0.2, 0.25) is 5.91 Å². The molecule has 0 aliphatic carbocycles. The predicted molar refractivity (Wildman–Crippen MR) is 133 cm³/mol. The van der Waals surface area contributed by atoms with Gasteiger partial charge in [0.25, 0.3) is 5.91 Å². The quantitative estimate of drug-likeness (QED) is 0.524. The number of rotatable bonds is 4. The molecule has 0 saturated carbocycles. The molecule has 4 rings (SSSR count). The van der Waals surface area contributed by atoms with E-state index in [1.807, 2.05) is 37.7 Å². The Kier molecular flexibility index (Phi) is 7.00. The molecular formula is C27H28F3N5O2. The van der Waals surface area contributed by atoms with Gasteiger partial charge in [-0.2, -0.15) is 18.4 Å². The van der Waals surface area contributed by atoms with Gasteiger partial charge < -0.3 is 14.8 Å². The van der Waals surface area contributed by atoms with Crippen molar-refractivity contribution in [2.75, 3.05) is 18.4 Å². The van der Waals surface area contributed by atoms with E-state index in [0.29, 0.717) is 23.2 Å². The lowest BCUT2D eigenvalue weighted by Gasteiger charge is -2.38. The summed E-state index contributed by atoms with van der Waals surface area (Å²) in [5.74, 6) is -3.35. The minimum atomic E-state index is -4.56. The summed E-state index contributed by atoms with van der Waals surface area (Å²) in [5.41, 5.74) is 3.81. The maximum atomic E-state index is 13.1. The van der Waals surface area contributed by atoms with E-state index in [4.69, 9.17) is 5.26 Å². The third-order valence-corrected chi connectivity index (χ3v) is 7.25. The van der Waals surface area contributed by atoms with E-state index in [9.17, 15) is 22.8 Å². The first-order valence-electron chi connectivity index (χ1n) is 12.0. The van der Waals surface area contributed by atoms with Crippen molar-refractivity contribution in [3.8, 4) is 6.07 Å². The van der Waals surface area contributed by atoms with Crippen LogP contribution in [0.3, 0.4) is 0 Å². The number of carbonyl (C=O) groups excluding carboxylic acids is 2. The monoisotopic (exact) mass is 511 g/mol. The highest BCUT2D eigenvalue weighted by molar-refractivity contribution is 6.06. The second kappa shape index (κ2) is 9.88. The highest BCUT2D eigenvalue weighted by Gasteiger charge is 2.44. The number of alkyl halides is 3. The average Bonchev–Trinajstić information content (AvgIpc) is 3.20. The van der Waals surface area contributed by atoms with Gasteiger partial charge in [-0.05, 0) is 61.4 Å². The molecule has 0 bridgehead atoms. The van der Waals surface area contributed by atoms with Crippen molar-refractivity contribution >= 4 is 28.5 Å². The number of carbonyl (C=O) groups is 2. The molecule has 1 fully saturated rings. The predicted octanol–water partition coefficient (Wildman–Crippen LogP) is 5.16. The van der Waals surface area contributed by atoms with Crippen molar-refractivity contribution in [2.45, 2.75) is 39.3 Å². The summed E-state index contributed by atoms with van der Waals surface area (Å²) < 4.78 is 41.2. The first-order valence-corrected chi connectivity index (χ1v) is 12.0. The van der Waals surface area contributed by atoms with Crippen molar-refractivity contribution in [3.05, 3.63) is 58.9 Å². The number of anilines is 1. The largest absolute Gasteiger partial charge is 0.400 e. The summed E-state index contributed by atoms with van der Waals surface area (Å²) >= 11 is 0. The van der Waals surface area contributed by atoms with Crippen LogP contribution < -0.4 is 5.32 Å². The lowest BCUT2D eigenvalue weighted by molar-refractivity contribution is -0.186. The molecule has 2 aromatic heterocycles. The molecule has 194 valence electrons. The molecule has 3 heterocycles. The minimum Gasteiger partial charge on any atom is -0.342 e. The van der Waals surface area contributed by atoms with Gasteiger partial charge in [-0.3, -0.25) is 9.59 Å². The topological polar surface area (TPSA) is 91.0 Å². The smallest absolute Gasteiger partial charge is 0.342 e. The number of nitrogens with one attached hydrogen (secondary N) is 1. The third-order valence-electron chi connectivity index (χ3n) is 7.25. The van der Waals surface area contributed by atoms with Gasteiger partial charge in [-0.1, -0.05) is 13.0 Å². The summed E-state index contributed by atoms with van der Waals surface area (Å²) in [4.78, 5) is 31.2. The van der Waals surface area contributed by atoms with Gasteiger partial charge in [-0.15, -0.1) is 0 Å². The molecule has 2 amide bonds. The van der Waals surface area contributed by atoms with Gasteiger partial charge in [0.1, 0.15) is 11.6 Å². The number of pyridine rings is 1. The van der Waals surface area contributed by atoms with Crippen LogP contribution >= 0.6 is 0 Å². The molecular weight excluding hydrogens is 483 g/mol. The van der Waals surface area contributed by atoms with Crippen LogP contribution in [0.4, 0.5) is 18.9 Å². The van der Waals surface area contributed by atoms with Crippen molar-refractivity contribution in [1.29, 1.82) is 5.26 Å². The molecule has 1 saturated heterocycles. The van der Waals surface area contributed by atoms with E-state index < -0.39 is 18.0 Å². The maximum Gasteiger partial charge on any atom is 0.400 e. The Balaban J connectivity index is 1.61. The van der Waals surface area contributed by atoms with Crippen molar-refractivity contribution in [1.82, 2.24) is 14.5 Å². The molecule has 7 nitrogen and oxygen atoms in total. The Hall–Kier alpha value is -3.87. The number of halogens is 3. The molecule has 0 spiro atoms. The zero-order valence-electron chi connectivity index (χ0n) is 21.1. The number of likely N-dealkylation sites (tertiary alicyclic amines) is 1. The average molecular weight is 512 g/mol. The van der Waals surface area contributed by atoms with E-state index >= 15 is 0 Å². The third kappa shape index (κ3) is 5.03. The molecule has 3 aromatic rings. The number of hydrogen-bond donors (Lipinski definition) is 1. The molecule has 3 atom stereocenters. The fraction of sp³-hybridized carbons (Fsp3) is 0.407. The molecule has 1 aromatic carbocycles. The van der Waals surface area contributed by atoms with Gasteiger partial charge in [0, 0.05) is 37.3 Å². The first-order chi connectivity index (χ1) is 17.4. The number of fused-ring (bicyclic) bond motifs is 1. The summed E-state index contributed by atoms with van der Waals surface area (Å²) in [7, 11) is 1.87. The zero-order chi connectivity index (χ0) is 27.1. The van der Waals surface area contributed by atoms with Crippen LogP contribution in [0.2, 0.25) is 0 Å². The van der Waals surface area contributed by atoms with Crippen LogP contribution in [0.1, 0.15) is 53.2 Å². The van der Waals surface area contributed by atoms with Gasteiger partial charge in [0.05, 0.1) is 23.5 Å². The lowest BCUT2D eigenvalue weighted by atomic mass is 9.80. The number of nitrogens with zero attached hydrogens (tertiary/aromatic N) is 4. The molecule has 1 aliphatic rings. The maximum absolute atomic E-state index is 13.1. The second-order valence-electron chi connectivity index (χ2n) is 9.76. The number of aryl methyl sites for hydroxylation is 2. The highest BCUT2D eigenvalue weighted by Crippen LogP contribution is 2.40. The molecule has 0 radical (unpaired) electrons. The summed E-state index contributed by atoms with van der Waals surface area (Å²) in [6, 6.07) is 8.43. The number of aromatic nitrogens is 2. The fourth-order valence-electron chi connectivity index (χ4n) is 5.09. The number of hydrogen-bond acceptors (Lipinski definition) is 4. The number of nitriles is 1. The minimum absolute atomic E-state index is 0.00713. The van der Waals surface area contributed by atoms with Crippen LogP contribution in [0, 0.1) is 30.1 Å². The normalized spacial score (nSPS) is 18.9. The summed E-state index contributed by atoms with van der Waals surface area (Å²) in [6.45, 7) is 5.22. The molecule has 1 N–H and O–H groups in total. The van der Waals surface area contributed by atoms with Crippen molar-refractivity contribution in [2.24, 2.45) is 18.9 Å². The Labute approximate surface area is 212 Å². The van der Waals surface area contributed by atoms with Gasteiger partial charge >= 0.3 is 6.18 Å². The van der Waals surface area contributed by atoms with Crippen LogP contribution in [0.15, 0.2) is 36.7 Å². The van der Waals surface area contributed by atoms with Crippen LogP contribution in [-0.4, -0.2) is 45.5 Å². The van der Waals surface area contributed by atoms with E-state index in [0.717, 1.165) is 29.1 Å². The van der Waals surface area contributed by atoms with Gasteiger partial charge in [0.15, 0.2) is 0 Å². The lowest BCUT2D eigenvalue weighted by Crippen LogP contribution is -2.47. The van der Waals surface area contributed by atoms with Gasteiger partial charge in [-0.25, -0.2) is 4.98 Å². The SMILES string of the molecule is Cc1c(NC(=O)c2cccc(C#N)c2)cnc2c1c([C@@H]1CCN(C(=O)[C@H](C)C(F)(F)F)C[C@@H]1C)cn2C. The van der Waals surface area contributed by atoms with E-state index in [1.165, 1.54) is 11.0 Å². The molecule has 0 unspecified atom stereocenters. The standard InChI is InChI=1S/C27H28F3N5O2/c1-15-13-35(26(37)17(3)27(28,29)30)9-8-20(15)21-14-34(4)24-23(21)16(2)22(12-32-24)33-25(36)19-7-5-6-18(10-19)11-31/h5-7,10,12,14-15,17,20H,8-9,13H2,1-4H3,(H,33,36)/t15-,17-,20+/m0/s1. The van der Waals surface area contributed by atoms with E-state index in [1.54, 1.807) is 24.4 Å². The molecule has 10 heteroatoms. The fourth-order valence-corrected chi connectivity index (χ4v) is 5.09. The Morgan fingerprint density at radius 3 is 2.68 bits per heavy atom.